The van der Waals surface area contributed by atoms with Gasteiger partial charge in [-0.3, -0.25) is 4.79 Å². The number of ether oxygens (including phenoxy) is 1. The SMILES string of the molecule is COC(=O)c1cncn1CCN([C@]1(C(=O)O)C[C@H]1c1ccccc1)S(=O)(=O)c1ccc(-c2ccc(Cl)cc2)cc1.Cl. The quantitative estimate of drug-likeness (QED) is 0.246. The van der Waals surface area contributed by atoms with Gasteiger partial charge in [0.1, 0.15) is 11.2 Å². The van der Waals surface area contributed by atoms with Crippen molar-refractivity contribution in [3.63, 3.8) is 0 Å². The summed E-state index contributed by atoms with van der Waals surface area (Å²) in [5.41, 5.74) is 0.813. The first kappa shape index (κ1) is 30.3. The molecule has 0 saturated heterocycles. The predicted molar refractivity (Wildman–Crippen MR) is 156 cm³/mol. The van der Waals surface area contributed by atoms with Crippen LogP contribution in [0.5, 0.6) is 0 Å². The van der Waals surface area contributed by atoms with Crippen LogP contribution in [0.15, 0.2) is 96.3 Å². The summed E-state index contributed by atoms with van der Waals surface area (Å²) in [4.78, 5) is 28.9. The number of methoxy groups -OCH3 is 1. The second kappa shape index (κ2) is 12.0. The summed E-state index contributed by atoms with van der Waals surface area (Å²) in [7, 11) is -3.06. The Bertz CT molecular complexity index is 1640. The third-order valence-electron chi connectivity index (χ3n) is 7.22. The van der Waals surface area contributed by atoms with E-state index < -0.39 is 33.4 Å². The lowest BCUT2D eigenvalue weighted by Gasteiger charge is -2.30. The van der Waals surface area contributed by atoms with Crippen molar-refractivity contribution in [1.29, 1.82) is 0 Å². The summed E-state index contributed by atoms with van der Waals surface area (Å²) in [5.74, 6) is -2.41. The number of carboxylic acid groups (broad SMARTS) is 1. The van der Waals surface area contributed by atoms with Crippen LogP contribution in [0.4, 0.5) is 0 Å². The lowest BCUT2D eigenvalue weighted by atomic mass is 10.1. The fourth-order valence-corrected chi connectivity index (χ4v) is 6.94. The Labute approximate surface area is 248 Å². The Balaban J connectivity index is 0.00000387. The van der Waals surface area contributed by atoms with Gasteiger partial charge in [0.05, 0.1) is 24.5 Å². The van der Waals surface area contributed by atoms with E-state index in [1.807, 2.05) is 18.2 Å². The summed E-state index contributed by atoms with van der Waals surface area (Å²) < 4.78 is 35.6. The second-order valence-corrected chi connectivity index (χ2v) is 11.8. The van der Waals surface area contributed by atoms with Gasteiger partial charge in [0.25, 0.3) is 0 Å². The highest BCUT2D eigenvalue weighted by Crippen LogP contribution is 2.57. The number of aromatic nitrogens is 2. The van der Waals surface area contributed by atoms with E-state index in [1.165, 1.54) is 36.3 Å². The normalized spacial score (nSPS) is 18.0. The van der Waals surface area contributed by atoms with Crippen LogP contribution in [0.3, 0.4) is 0 Å². The van der Waals surface area contributed by atoms with Gasteiger partial charge < -0.3 is 14.4 Å². The molecular weight excluding hydrogens is 589 g/mol. The van der Waals surface area contributed by atoms with Gasteiger partial charge in [0, 0.05) is 24.0 Å². The van der Waals surface area contributed by atoms with Crippen molar-refractivity contribution in [3.05, 3.63) is 108 Å². The van der Waals surface area contributed by atoms with Crippen LogP contribution < -0.4 is 0 Å². The third kappa shape index (κ3) is 5.73. The number of sulfonamides is 1. The molecule has 3 aromatic carbocycles. The van der Waals surface area contributed by atoms with Gasteiger partial charge in [-0.25, -0.2) is 18.2 Å². The number of imidazole rings is 1. The molecule has 1 fully saturated rings. The van der Waals surface area contributed by atoms with E-state index >= 15 is 0 Å². The third-order valence-corrected chi connectivity index (χ3v) is 9.43. The maximum atomic E-state index is 14.2. The number of carboxylic acids is 1. The van der Waals surface area contributed by atoms with Crippen molar-refractivity contribution in [2.24, 2.45) is 0 Å². The number of esters is 1. The van der Waals surface area contributed by atoms with Crippen molar-refractivity contribution in [1.82, 2.24) is 13.9 Å². The molecule has 0 amide bonds. The maximum absolute atomic E-state index is 14.2. The minimum atomic E-state index is -4.30. The van der Waals surface area contributed by atoms with Crippen molar-refractivity contribution in [2.45, 2.75) is 29.3 Å². The van der Waals surface area contributed by atoms with Gasteiger partial charge in [0.2, 0.25) is 10.0 Å². The largest absolute Gasteiger partial charge is 0.480 e. The zero-order valence-electron chi connectivity index (χ0n) is 21.9. The molecule has 5 rings (SSSR count). The first-order chi connectivity index (χ1) is 19.2. The molecule has 41 heavy (non-hydrogen) atoms. The molecule has 1 aromatic heterocycles. The molecule has 1 heterocycles. The van der Waals surface area contributed by atoms with E-state index in [1.54, 1.807) is 48.5 Å². The van der Waals surface area contributed by atoms with E-state index in [2.05, 4.69) is 4.98 Å². The molecule has 1 aliphatic carbocycles. The summed E-state index contributed by atoms with van der Waals surface area (Å²) in [6, 6.07) is 22.4. The molecule has 0 spiro atoms. The van der Waals surface area contributed by atoms with E-state index in [4.69, 9.17) is 16.3 Å². The molecule has 1 aliphatic rings. The molecule has 2 atom stereocenters. The number of benzene rings is 3. The van der Waals surface area contributed by atoms with Gasteiger partial charge in [0.15, 0.2) is 0 Å². The molecule has 12 heteroatoms. The number of hydrogen-bond donors (Lipinski definition) is 1. The molecule has 214 valence electrons. The number of carbonyl (C=O) groups is 2. The van der Waals surface area contributed by atoms with Crippen molar-refractivity contribution in [3.8, 4) is 11.1 Å². The number of rotatable bonds is 10. The van der Waals surface area contributed by atoms with E-state index in [-0.39, 0.29) is 42.5 Å². The fourth-order valence-electron chi connectivity index (χ4n) is 5.04. The number of nitrogens with zero attached hydrogens (tertiary/aromatic N) is 3. The average Bonchev–Trinajstić information content (AvgIpc) is 3.55. The van der Waals surface area contributed by atoms with Gasteiger partial charge in [-0.05, 0) is 47.4 Å². The number of hydrogen-bond acceptors (Lipinski definition) is 6. The van der Waals surface area contributed by atoms with Crippen molar-refractivity contribution in [2.75, 3.05) is 13.7 Å². The highest BCUT2D eigenvalue weighted by Gasteiger charge is 2.67. The van der Waals surface area contributed by atoms with Gasteiger partial charge in [-0.2, -0.15) is 4.31 Å². The molecule has 4 aromatic rings. The summed E-state index contributed by atoms with van der Waals surface area (Å²) >= 11 is 5.99. The highest BCUT2D eigenvalue weighted by atomic mass is 35.5. The van der Waals surface area contributed by atoms with Crippen LogP contribution in [-0.2, 0) is 26.1 Å². The Morgan fingerprint density at radius 2 is 1.66 bits per heavy atom. The van der Waals surface area contributed by atoms with Gasteiger partial charge in [-0.15, -0.1) is 12.4 Å². The lowest BCUT2D eigenvalue weighted by molar-refractivity contribution is -0.143. The predicted octanol–water partition coefficient (Wildman–Crippen LogP) is 5.11. The van der Waals surface area contributed by atoms with Crippen LogP contribution in [0.25, 0.3) is 11.1 Å². The van der Waals surface area contributed by atoms with Crippen LogP contribution in [-0.4, -0.2) is 58.5 Å². The minimum Gasteiger partial charge on any atom is -0.480 e. The standard InChI is InChI=1S/C29H26ClN3O6S.ClH/c1-39-27(34)26-18-31-19-32(26)15-16-33(29(28(35)36)17-25(29)22-5-3-2-4-6-22)40(37,38)24-13-9-21(10-14-24)20-7-11-23(30)12-8-20;/h2-14,18-19,25H,15-17H2,1H3,(H,35,36);1H/t25-,29+;/m0./s1. The van der Waals surface area contributed by atoms with E-state index in [0.29, 0.717) is 5.02 Å². The Kier molecular flexibility index (Phi) is 8.89. The number of carbonyl (C=O) groups excluding carboxylic acids is 1. The first-order valence-corrected chi connectivity index (χ1v) is 14.3. The average molecular weight is 617 g/mol. The summed E-state index contributed by atoms with van der Waals surface area (Å²) in [6.45, 7) is -0.222. The highest BCUT2D eigenvalue weighted by molar-refractivity contribution is 7.89. The van der Waals surface area contributed by atoms with Crippen LogP contribution in [0, 0.1) is 0 Å². The Morgan fingerprint density at radius 1 is 1.05 bits per heavy atom. The Hall–Kier alpha value is -3.70. The maximum Gasteiger partial charge on any atom is 0.356 e. The van der Waals surface area contributed by atoms with Gasteiger partial charge >= 0.3 is 11.9 Å². The first-order valence-electron chi connectivity index (χ1n) is 12.4. The zero-order valence-corrected chi connectivity index (χ0v) is 24.3. The smallest absolute Gasteiger partial charge is 0.356 e. The molecule has 0 unspecified atom stereocenters. The van der Waals surface area contributed by atoms with Gasteiger partial charge in [-0.1, -0.05) is 66.2 Å². The molecule has 0 radical (unpaired) electrons. The molecule has 9 nitrogen and oxygen atoms in total. The summed E-state index contributed by atoms with van der Waals surface area (Å²) in [6.07, 6.45) is 2.81. The van der Waals surface area contributed by atoms with Crippen molar-refractivity contribution < 1.29 is 27.9 Å². The Morgan fingerprint density at radius 3 is 2.24 bits per heavy atom. The van der Waals surface area contributed by atoms with E-state index in [0.717, 1.165) is 21.0 Å². The van der Waals surface area contributed by atoms with Crippen LogP contribution >= 0.6 is 24.0 Å². The number of halogens is 2. The molecule has 0 aliphatic heterocycles. The lowest BCUT2D eigenvalue weighted by Crippen LogP contribution is -2.49. The zero-order chi connectivity index (χ0) is 28.5. The topological polar surface area (TPSA) is 119 Å². The fraction of sp³-hybridized carbons (Fsp3) is 0.207. The van der Waals surface area contributed by atoms with E-state index in [9.17, 15) is 23.1 Å². The molecular formula is C29H27Cl2N3O6S. The minimum absolute atomic E-state index is 0. The number of aliphatic carboxylic acids is 1. The summed E-state index contributed by atoms with van der Waals surface area (Å²) in [5, 5.41) is 11.0. The monoisotopic (exact) mass is 615 g/mol. The second-order valence-electron chi connectivity index (χ2n) is 9.47. The molecule has 1 saturated carbocycles. The van der Waals surface area contributed by atoms with Crippen molar-refractivity contribution >= 4 is 46.0 Å². The molecule has 1 N–H and O–H groups in total. The van der Waals surface area contributed by atoms with Crippen LogP contribution in [0.1, 0.15) is 28.4 Å². The molecule has 0 bridgehead atoms. The van der Waals surface area contributed by atoms with Crippen LogP contribution in [0.2, 0.25) is 5.02 Å².